The fraction of sp³-hybridized carbons (Fsp3) is 0.500. The van der Waals surface area contributed by atoms with Crippen LogP contribution in [0.15, 0.2) is 30.3 Å². The van der Waals surface area contributed by atoms with Crippen molar-refractivity contribution in [2.24, 2.45) is 5.73 Å². The van der Waals surface area contributed by atoms with Crippen LogP contribution in [0.1, 0.15) is 24.8 Å². The summed E-state index contributed by atoms with van der Waals surface area (Å²) in [5.41, 5.74) is 7.47. The fourth-order valence-corrected chi connectivity index (χ4v) is 2.03. The van der Waals surface area contributed by atoms with E-state index in [1.54, 1.807) is 0 Å². The standard InChI is InChI=1S/C12H17NO/c13-12(7-4-9-14-10-8-12)11-5-2-1-3-6-11/h1-3,5-6H,4,7-10,13H2. The van der Waals surface area contributed by atoms with Crippen molar-refractivity contribution in [1.29, 1.82) is 0 Å². The van der Waals surface area contributed by atoms with Crippen molar-refractivity contribution < 1.29 is 4.74 Å². The molecule has 1 aliphatic rings. The molecular weight excluding hydrogens is 174 g/mol. The topological polar surface area (TPSA) is 35.2 Å². The molecule has 1 aromatic carbocycles. The van der Waals surface area contributed by atoms with E-state index in [1.807, 2.05) is 6.07 Å². The van der Waals surface area contributed by atoms with E-state index in [0.29, 0.717) is 0 Å². The van der Waals surface area contributed by atoms with Crippen molar-refractivity contribution in [3.8, 4) is 0 Å². The van der Waals surface area contributed by atoms with E-state index in [9.17, 15) is 0 Å². The highest BCUT2D eigenvalue weighted by atomic mass is 16.5. The van der Waals surface area contributed by atoms with Crippen LogP contribution in [-0.2, 0) is 10.3 Å². The molecule has 0 aliphatic carbocycles. The van der Waals surface area contributed by atoms with Gasteiger partial charge in [-0.15, -0.1) is 0 Å². The molecule has 1 heterocycles. The average Bonchev–Trinajstić information content (AvgIpc) is 2.46. The predicted molar refractivity (Wildman–Crippen MR) is 57.0 cm³/mol. The molecule has 2 N–H and O–H groups in total. The molecule has 0 aromatic heterocycles. The SMILES string of the molecule is NC1(c2ccccc2)CCCOCC1. The first-order valence-electron chi connectivity index (χ1n) is 5.23. The summed E-state index contributed by atoms with van der Waals surface area (Å²) in [5.74, 6) is 0. The Hall–Kier alpha value is -0.860. The molecule has 0 spiro atoms. The van der Waals surface area contributed by atoms with Crippen molar-refractivity contribution in [3.63, 3.8) is 0 Å². The fourth-order valence-electron chi connectivity index (χ4n) is 2.03. The number of hydrogen-bond acceptors (Lipinski definition) is 2. The summed E-state index contributed by atoms with van der Waals surface area (Å²) in [6.45, 7) is 1.64. The van der Waals surface area contributed by atoms with Gasteiger partial charge in [-0.25, -0.2) is 0 Å². The molecule has 1 aromatic rings. The van der Waals surface area contributed by atoms with E-state index in [-0.39, 0.29) is 5.54 Å². The van der Waals surface area contributed by atoms with Crippen LogP contribution in [0.25, 0.3) is 0 Å². The summed E-state index contributed by atoms with van der Waals surface area (Å²) in [6.07, 6.45) is 3.01. The molecule has 1 fully saturated rings. The van der Waals surface area contributed by atoms with Crippen molar-refractivity contribution >= 4 is 0 Å². The third kappa shape index (κ3) is 1.97. The van der Waals surface area contributed by atoms with Gasteiger partial charge >= 0.3 is 0 Å². The Kier molecular flexibility index (Phi) is 2.85. The summed E-state index contributed by atoms with van der Waals surface area (Å²) in [6, 6.07) is 10.4. The van der Waals surface area contributed by atoms with Gasteiger partial charge in [-0.2, -0.15) is 0 Å². The van der Waals surface area contributed by atoms with E-state index >= 15 is 0 Å². The Labute approximate surface area is 85.1 Å². The first-order valence-corrected chi connectivity index (χ1v) is 5.23. The minimum absolute atomic E-state index is 0.169. The molecule has 1 unspecified atom stereocenters. The van der Waals surface area contributed by atoms with Crippen LogP contribution < -0.4 is 5.73 Å². The van der Waals surface area contributed by atoms with Gasteiger partial charge in [0.05, 0.1) is 0 Å². The van der Waals surface area contributed by atoms with Crippen LogP contribution in [-0.4, -0.2) is 13.2 Å². The van der Waals surface area contributed by atoms with Gasteiger partial charge in [0.1, 0.15) is 0 Å². The van der Waals surface area contributed by atoms with Gasteiger partial charge in [0.25, 0.3) is 0 Å². The van der Waals surface area contributed by atoms with Crippen molar-refractivity contribution in [2.75, 3.05) is 13.2 Å². The smallest absolute Gasteiger partial charge is 0.0486 e. The molecule has 2 heteroatoms. The Bertz CT molecular complexity index is 276. The third-order valence-corrected chi connectivity index (χ3v) is 2.95. The number of benzene rings is 1. The van der Waals surface area contributed by atoms with Crippen molar-refractivity contribution in [3.05, 3.63) is 35.9 Å². The maximum absolute atomic E-state index is 6.40. The summed E-state index contributed by atoms with van der Waals surface area (Å²) in [5, 5.41) is 0. The van der Waals surface area contributed by atoms with Crippen LogP contribution >= 0.6 is 0 Å². The Balaban J connectivity index is 2.21. The molecule has 14 heavy (non-hydrogen) atoms. The lowest BCUT2D eigenvalue weighted by atomic mass is 9.84. The third-order valence-electron chi connectivity index (χ3n) is 2.95. The number of ether oxygens (including phenoxy) is 1. The quantitative estimate of drug-likeness (QED) is 0.737. The molecular formula is C12H17NO. The molecule has 1 saturated heterocycles. The molecule has 0 saturated carbocycles. The highest BCUT2D eigenvalue weighted by Gasteiger charge is 2.27. The zero-order valence-electron chi connectivity index (χ0n) is 8.41. The lowest BCUT2D eigenvalue weighted by Gasteiger charge is -2.27. The van der Waals surface area contributed by atoms with Gasteiger partial charge in [0.15, 0.2) is 0 Å². The van der Waals surface area contributed by atoms with Crippen LogP contribution in [0.4, 0.5) is 0 Å². The summed E-state index contributed by atoms with van der Waals surface area (Å²) < 4.78 is 5.43. The summed E-state index contributed by atoms with van der Waals surface area (Å²) in [7, 11) is 0. The summed E-state index contributed by atoms with van der Waals surface area (Å²) in [4.78, 5) is 0. The predicted octanol–water partition coefficient (Wildman–Crippen LogP) is 2.04. The first-order chi connectivity index (χ1) is 6.81. The van der Waals surface area contributed by atoms with Crippen molar-refractivity contribution in [2.45, 2.75) is 24.8 Å². The van der Waals surface area contributed by atoms with Gasteiger partial charge in [0, 0.05) is 18.8 Å². The van der Waals surface area contributed by atoms with Crippen LogP contribution in [0.5, 0.6) is 0 Å². The molecule has 1 aliphatic heterocycles. The van der Waals surface area contributed by atoms with E-state index in [0.717, 1.165) is 32.5 Å². The second-order valence-corrected chi connectivity index (χ2v) is 3.99. The lowest BCUT2D eigenvalue weighted by molar-refractivity contribution is 0.139. The first kappa shape index (κ1) is 9.69. The number of rotatable bonds is 1. The molecule has 0 radical (unpaired) electrons. The Morgan fingerprint density at radius 2 is 1.86 bits per heavy atom. The maximum Gasteiger partial charge on any atom is 0.0486 e. The van der Waals surface area contributed by atoms with E-state index in [2.05, 4.69) is 24.3 Å². The number of nitrogens with two attached hydrogens (primary N) is 1. The molecule has 2 rings (SSSR count). The average molecular weight is 191 g/mol. The zero-order valence-corrected chi connectivity index (χ0v) is 8.41. The van der Waals surface area contributed by atoms with Crippen LogP contribution in [0.2, 0.25) is 0 Å². The highest BCUT2D eigenvalue weighted by Crippen LogP contribution is 2.29. The zero-order chi connectivity index (χ0) is 9.86. The van der Waals surface area contributed by atoms with Gasteiger partial charge in [0.2, 0.25) is 0 Å². The van der Waals surface area contributed by atoms with Gasteiger partial charge in [-0.3, -0.25) is 0 Å². The second kappa shape index (κ2) is 4.11. The molecule has 0 bridgehead atoms. The minimum atomic E-state index is -0.169. The Morgan fingerprint density at radius 3 is 2.64 bits per heavy atom. The van der Waals surface area contributed by atoms with E-state index < -0.39 is 0 Å². The van der Waals surface area contributed by atoms with Crippen LogP contribution in [0, 0.1) is 0 Å². The summed E-state index contributed by atoms with van der Waals surface area (Å²) >= 11 is 0. The highest BCUT2D eigenvalue weighted by molar-refractivity contribution is 5.23. The minimum Gasteiger partial charge on any atom is -0.381 e. The van der Waals surface area contributed by atoms with E-state index in [1.165, 1.54) is 5.56 Å². The van der Waals surface area contributed by atoms with Crippen molar-refractivity contribution in [1.82, 2.24) is 0 Å². The second-order valence-electron chi connectivity index (χ2n) is 3.99. The molecule has 1 atom stereocenters. The Morgan fingerprint density at radius 1 is 1.07 bits per heavy atom. The monoisotopic (exact) mass is 191 g/mol. The van der Waals surface area contributed by atoms with E-state index in [4.69, 9.17) is 10.5 Å². The normalized spacial score (nSPS) is 28.4. The molecule has 0 amide bonds. The lowest BCUT2D eigenvalue weighted by Crippen LogP contribution is -2.36. The van der Waals surface area contributed by atoms with Gasteiger partial charge in [-0.1, -0.05) is 30.3 Å². The van der Waals surface area contributed by atoms with Gasteiger partial charge in [-0.05, 0) is 24.8 Å². The number of hydrogen-bond donors (Lipinski definition) is 1. The molecule has 76 valence electrons. The largest absolute Gasteiger partial charge is 0.381 e. The van der Waals surface area contributed by atoms with Crippen LogP contribution in [0.3, 0.4) is 0 Å². The maximum atomic E-state index is 6.40. The van der Waals surface area contributed by atoms with Gasteiger partial charge < -0.3 is 10.5 Å². The molecule has 2 nitrogen and oxygen atoms in total.